The number of thiazole rings is 1. The first-order valence-electron chi connectivity index (χ1n) is 11.0. The van der Waals surface area contributed by atoms with Crippen LogP contribution in [0.15, 0.2) is 60.9 Å². The van der Waals surface area contributed by atoms with Crippen LogP contribution in [0.3, 0.4) is 0 Å². The summed E-state index contributed by atoms with van der Waals surface area (Å²) in [7, 11) is 0. The summed E-state index contributed by atoms with van der Waals surface area (Å²) in [4.78, 5) is 8.87. The van der Waals surface area contributed by atoms with Gasteiger partial charge in [0.05, 0.1) is 22.4 Å². The zero-order chi connectivity index (χ0) is 25.1. The van der Waals surface area contributed by atoms with Gasteiger partial charge in [0.25, 0.3) is 0 Å². The predicted octanol–water partition coefficient (Wildman–Crippen LogP) is 6.82. The maximum atomic E-state index is 12.4. The van der Waals surface area contributed by atoms with Crippen LogP contribution in [0.1, 0.15) is 37.3 Å². The van der Waals surface area contributed by atoms with E-state index in [-0.39, 0.29) is 5.75 Å². The first-order chi connectivity index (χ1) is 16.7. The smallest absolute Gasteiger partial charge is 0.493 e. The van der Waals surface area contributed by atoms with Gasteiger partial charge in [-0.15, -0.1) is 24.5 Å². The van der Waals surface area contributed by atoms with Gasteiger partial charge in [-0.3, -0.25) is 4.98 Å². The van der Waals surface area contributed by atoms with Crippen molar-refractivity contribution in [3.8, 4) is 23.0 Å². The first-order valence-corrected chi connectivity index (χ1v) is 11.8. The maximum absolute atomic E-state index is 12.4. The third kappa shape index (κ3) is 5.66. The number of alkyl halides is 3. The molecule has 6 nitrogen and oxygen atoms in total. The fourth-order valence-electron chi connectivity index (χ4n) is 3.68. The van der Waals surface area contributed by atoms with Gasteiger partial charge >= 0.3 is 6.36 Å². The molecule has 2 aromatic heterocycles. The second kappa shape index (κ2) is 10.1. The van der Waals surface area contributed by atoms with Crippen LogP contribution in [0, 0.1) is 0 Å². The number of halogens is 3. The topological polar surface area (TPSA) is 73.7 Å². The van der Waals surface area contributed by atoms with Crippen molar-refractivity contribution in [2.75, 3.05) is 6.61 Å². The van der Waals surface area contributed by atoms with Crippen molar-refractivity contribution in [2.24, 2.45) is 0 Å². The van der Waals surface area contributed by atoms with Gasteiger partial charge in [0, 0.05) is 18.5 Å². The summed E-state index contributed by atoms with van der Waals surface area (Å²) >= 11 is 1.33. The van der Waals surface area contributed by atoms with Crippen LogP contribution in [-0.4, -0.2) is 28.0 Å². The van der Waals surface area contributed by atoms with Crippen molar-refractivity contribution in [2.45, 2.75) is 38.7 Å². The van der Waals surface area contributed by atoms with E-state index in [0.717, 1.165) is 4.70 Å². The number of hydrogen-bond acceptors (Lipinski definition) is 7. The molecule has 0 amide bonds. The van der Waals surface area contributed by atoms with Gasteiger partial charge in [0.15, 0.2) is 0 Å². The Labute approximate surface area is 203 Å². The van der Waals surface area contributed by atoms with E-state index in [0.29, 0.717) is 52.8 Å². The van der Waals surface area contributed by atoms with Crippen LogP contribution >= 0.6 is 11.3 Å². The summed E-state index contributed by atoms with van der Waals surface area (Å²) in [6, 6.07) is 12.1. The van der Waals surface area contributed by atoms with Gasteiger partial charge in [-0.2, -0.15) is 0 Å². The number of ether oxygens (including phenoxy) is 3. The van der Waals surface area contributed by atoms with Crippen molar-refractivity contribution >= 4 is 21.6 Å². The van der Waals surface area contributed by atoms with Gasteiger partial charge in [-0.1, -0.05) is 13.3 Å². The van der Waals surface area contributed by atoms with Crippen LogP contribution in [0.2, 0.25) is 0 Å². The molecule has 0 fully saturated rings. The van der Waals surface area contributed by atoms with E-state index in [9.17, 15) is 18.3 Å². The second-order valence-corrected chi connectivity index (χ2v) is 8.72. The third-order valence-electron chi connectivity index (χ3n) is 5.15. The largest absolute Gasteiger partial charge is 0.573 e. The lowest BCUT2D eigenvalue weighted by Gasteiger charge is -2.27. The Balaban J connectivity index is 1.62. The Morgan fingerprint density at radius 3 is 2.37 bits per heavy atom. The zero-order valence-electron chi connectivity index (χ0n) is 19.0. The lowest BCUT2D eigenvalue weighted by Crippen LogP contribution is -2.28. The highest BCUT2D eigenvalue weighted by atomic mass is 32.1. The van der Waals surface area contributed by atoms with Crippen molar-refractivity contribution in [3.63, 3.8) is 0 Å². The molecule has 0 saturated heterocycles. The Hall–Kier alpha value is -3.37. The minimum Gasteiger partial charge on any atom is -0.493 e. The summed E-state index contributed by atoms with van der Waals surface area (Å²) in [6.07, 6.45) is -0.405. The highest BCUT2D eigenvalue weighted by Gasteiger charge is 2.37. The van der Waals surface area contributed by atoms with E-state index in [1.54, 1.807) is 36.7 Å². The molecule has 35 heavy (non-hydrogen) atoms. The Morgan fingerprint density at radius 2 is 1.69 bits per heavy atom. The molecule has 0 radical (unpaired) electrons. The number of aliphatic hydroxyl groups is 1. The normalized spacial score (nSPS) is 13.4. The van der Waals surface area contributed by atoms with E-state index < -0.39 is 12.0 Å². The van der Waals surface area contributed by atoms with E-state index in [2.05, 4.69) is 14.7 Å². The molecule has 4 rings (SSSR count). The van der Waals surface area contributed by atoms with Crippen molar-refractivity contribution in [1.82, 2.24) is 9.97 Å². The molecule has 10 heteroatoms. The predicted molar refractivity (Wildman–Crippen MR) is 126 cm³/mol. The molecule has 0 spiro atoms. The minimum atomic E-state index is -4.75. The standard InChI is InChI=1S/C25H23F3N2O4S/c1-3-12-24(31,19-15-29-13-11-21(19)32-4-2)23-30-20-10-9-18(14-22(20)35-23)33-16-5-7-17(8-6-16)34-25(26,27)28/h5-11,13-15,31H,3-4,12H2,1-2H3. The highest BCUT2D eigenvalue weighted by Crippen LogP contribution is 2.42. The molecule has 184 valence electrons. The number of fused-ring (bicyclic) bond motifs is 1. The molecule has 1 N–H and O–H groups in total. The molecule has 2 heterocycles. The molecule has 0 bridgehead atoms. The molecule has 0 aliphatic rings. The summed E-state index contributed by atoms with van der Waals surface area (Å²) in [5, 5.41) is 12.3. The Bertz CT molecular complexity index is 1290. The van der Waals surface area contributed by atoms with Gasteiger partial charge in [0.2, 0.25) is 0 Å². The van der Waals surface area contributed by atoms with Gasteiger partial charge in [-0.25, -0.2) is 4.98 Å². The summed E-state index contributed by atoms with van der Waals surface area (Å²) < 4.78 is 53.3. The molecule has 0 aliphatic carbocycles. The number of pyridine rings is 1. The molecular formula is C25H23F3N2O4S. The van der Waals surface area contributed by atoms with Crippen molar-refractivity contribution < 1.29 is 32.5 Å². The van der Waals surface area contributed by atoms with Crippen LogP contribution in [-0.2, 0) is 5.60 Å². The van der Waals surface area contributed by atoms with Crippen LogP contribution in [0.25, 0.3) is 10.2 Å². The lowest BCUT2D eigenvalue weighted by molar-refractivity contribution is -0.274. The monoisotopic (exact) mass is 504 g/mol. The summed E-state index contributed by atoms with van der Waals surface area (Å²) in [5.74, 6) is 1.06. The third-order valence-corrected chi connectivity index (χ3v) is 6.31. The van der Waals surface area contributed by atoms with Gasteiger partial charge < -0.3 is 19.3 Å². The molecule has 1 atom stereocenters. The van der Waals surface area contributed by atoms with E-state index in [1.807, 2.05) is 13.8 Å². The average molecular weight is 505 g/mol. The molecule has 0 aliphatic heterocycles. The zero-order valence-corrected chi connectivity index (χ0v) is 19.8. The second-order valence-electron chi connectivity index (χ2n) is 7.68. The van der Waals surface area contributed by atoms with Crippen LogP contribution < -0.4 is 14.2 Å². The maximum Gasteiger partial charge on any atom is 0.573 e. The summed E-state index contributed by atoms with van der Waals surface area (Å²) in [6.45, 7) is 4.30. The van der Waals surface area contributed by atoms with Gasteiger partial charge in [-0.05, 0) is 55.8 Å². The first kappa shape index (κ1) is 24.7. The highest BCUT2D eigenvalue weighted by molar-refractivity contribution is 7.18. The molecule has 0 saturated carbocycles. The van der Waals surface area contributed by atoms with Crippen molar-refractivity contribution in [1.29, 1.82) is 0 Å². The number of rotatable bonds is 9. The van der Waals surface area contributed by atoms with E-state index in [4.69, 9.17) is 9.47 Å². The fraction of sp³-hybridized carbons (Fsp3) is 0.280. The number of hydrogen-bond donors (Lipinski definition) is 1. The fourth-order valence-corrected chi connectivity index (χ4v) is 4.81. The molecule has 1 unspecified atom stereocenters. The molecular weight excluding hydrogens is 481 g/mol. The van der Waals surface area contributed by atoms with Gasteiger partial charge in [0.1, 0.15) is 33.6 Å². The Morgan fingerprint density at radius 1 is 0.971 bits per heavy atom. The van der Waals surface area contributed by atoms with Crippen LogP contribution in [0.5, 0.6) is 23.0 Å². The number of benzene rings is 2. The number of nitrogens with zero attached hydrogens (tertiary/aromatic N) is 2. The quantitative estimate of drug-likeness (QED) is 0.270. The number of aromatic nitrogens is 2. The molecule has 4 aromatic rings. The van der Waals surface area contributed by atoms with E-state index in [1.165, 1.54) is 35.6 Å². The molecule has 2 aromatic carbocycles. The minimum absolute atomic E-state index is 0.329. The Kier molecular flexibility index (Phi) is 7.13. The van der Waals surface area contributed by atoms with Crippen LogP contribution in [0.4, 0.5) is 13.2 Å². The lowest BCUT2D eigenvalue weighted by atomic mass is 9.90. The van der Waals surface area contributed by atoms with E-state index >= 15 is 0 Å². The van der Waals surface area contributed by atoms with Crippen molar-refractivity contribution in [3.05, 3.63) is 71.5 Å². The summed E-state index contributed by atoms with van der Waals surface area (Å²) in [5.41, 5.74) is -0.143. The average Bonchev–Trinajstić information content (AvgIpc) is 3.24. The SMILES string of the molecule is CCCC(O)(c1nc2ccc(Oc3ccc(OC(F)(F)F)cc3)cc2s1)c1cnccc1OCC.